The van der Waals surface area contributed by atoms with Crippen LogP contribution in [0.3, 0.4) is 0 Å². The monoisotopic (exact) mass is 289 g/mol. The Morgan fingerprint density at radius 2 is 1.71 bits per heavy atom. The Hall–Kier alpha value is -1.68. The van der Waals surface area contributed by atoms with E-state index >= 15 is 0 Å². The van der Waals surface area contributed by atoms with Gasteiger partial charge in [0.1, 0.15) is 5.75 Å². The Morgan fingerprint density at radius 1 is 1.10 bits per heavy atom. The highest BCUT2D eigenvalue weighted by molar-refractivity contribution is 6.49. The molecule has 2 unspecified atom stereocenters. The fourth-order valence-electron chi connectivity index (χ4n) is 2.48. The highest BCUT2D eigenvalue weighted by atomic mass is 16.5. The number of rotatable bonds is 5. The third kappa shape index (κ3) is 3.50. The van der Waals surface area contributed by atoms with Crippen molar-refractivity contribution < 1.29 is 14.3 Å². The summed E-state index contributed by atoms with van der Waals surface area (Å²) in [5, 5.41) is 3.23. The van der Waals surface area contributed by atoms with Crippen LogP contribution < -0.4 is 10.1 Å². The van der Waals surface area contributed by atoms with E-state index in [-0.39, 0.29) is 28.9 Å². The first-order valence-corrected chi connectivity index (χ1v) is 7.29. The lowest BCUT2D eigenvalue weighted by molar-refractivity contribution is -0.146. The standard InChI is InChI=1S/C17H23NO3/c1-17(2,3)9-10-18-14-13(15(19)16(14)20)11-5-7-12(21-4)8-6-11/h5-8,13-14,18H,9-10H2,1-4H3. The average molecular weight is 289 g/mol. The Morgan fingerprint density at radius 3 is 2.24 bits per heavy atom. The minimum Gasteiger partial charge on any atom is -0.497 e. The second-order valence-electron chi connectivity index (χ2n) is 6.72. The first-order chi connectivity index (χ1) is 9.83. The topological polar surface area (TPSA) is 55.4 Å². The molecule has 4 heteroatoms. The molecule has 0 aliphatic heterocycles. The Bertz CT molecular complexity index is 528. The van der Waals surface area contributed by atoms with Crippen molar-refractivity contribution in [3.8, 4) is 5.75 Å². The van der Waals surface area contributed by atoms with Crippen molar-refractivity contribution in [2.75, 3.05) is 13.7 Å². The van der Waals surface area contributed by atoms with Crippen molar-refractivity contribution in [1.29, 1.82) is 0 Å². The molecule has 2 atom stereocenters. The zero-order valence-electron chi connectivity index (χ0n) is 13.1. The second kappa shape index (κ2) is 5.98. The number of methoxy groups -OCH3 is 1. The lowest BCUT2D eigenvalue weighted by atomic mass is 9.72. The van der Waals surface area contributed by atoms with Gasteiger partial charge in [0.2, 0.25) is 11.6 Å². The van der Waals surface area contributed by atoms with Gasteiger partial charge < -0.3 is 10.1 Å². The van der Waals surface area contributed by atoms with Gasteiger partial charge in [-0.2, -0.15) is 0 Å². The van der Waals surface area contributed by atoms with Crippen LogP contribution in [0.15, 0.2) is 24.3 Å². The van der Waals surface area contributed by atoms with Gasteiger partial charge in [-0.15, -0.1) is 0 Å². The second-order valence-corrected chi connectivity index (χ2v) is 6.72. The molecule has 1 N–H and O–H groups in total. The summed E-state index contributed by atoms with van der Waals surface area (Å²) in [4.78, 5) is 23.7. The molecule has 1 aliphatic rings. The highest BCUT2D eigenvalue weighted by Gasteiger charge is 2.49. The van der Waals surface area contributed by atoms with Crippen molar-refractivity contribution in [3.05, 3.63) is 29.8 Å². The van der Waals surface area contributed by atoms with Crippen molar-refractivity contribution in [1.82, 2.24) is 5.32 Å². The molecule has 2 rings (SSSR count). The Kier molecular flexibility index (Phi) is 4.47. The van der Waals surface area contributed by atoms with E-state index in [1.807, 2.05) is 24.3 Å². The maximum atomic E-state index is 11.9. The van der Waals surface area contributed by atoms with Gasteiger partial charge in [-0.1, -0.05) is 32.9 Å². The first kappa shape index (κ1) is 15.7. The molecule has 4 nitrogen and oxygen atoms in total. The molecular weight excluding hydrogens is 266 g/mol. The molecule has 0 amide bonds. The zero-order chi connectivity index (χ0) is 15.6. The average Bonchev–Trinajstić information content (AvgIpc) is 2.45. The van der Waals surface area contributed by atoms with Gasteiger partial charge in [-0.3, -0.25) is 9.59 Å². The molecule has 0 bridgehead atoms. The molecule has 0 aromatic heterocycles. The number of nitrogens with one attached hydrogen (secondary N) is 1. The van der Waals surface area contributed by atoms with Crippen molar-refractivity contribution in [2.45, 2.75) is 39.2 Å². The third-order valence-electron chi connectivity index (χ3n) is 3.86. The molecule has 0 saturated heterocycles. The Labute approximate surface area is 125 Å². The van der Waals surface area contributed by atoms with Crippen LogP contribution in [0.2, 0.25) is 0 Å². The molecule has 21 heavy (non-hydrogen) atoms. The molecule has 0 spiro atoms. The largest absolute Gasteiger partial charge is 0.497 e. The molecule has 0 heterocycles. The molecule has 0 radical (unpaired) electrons. The molecule has 1 aromatic rings. The zero-order valence-corrected chi connectivity index (χ0v) is 13.1. The van der Waals surface area contributed by atoms with Crippen molar-refractivity contribution in [2.24, 2.45) is 5.41 Å². The van der Waals surface area contributed by atoms with Crippen LogP contribution in [0.5, 0.6) is 5.75 Å². The smallest absolute Gasteiger partial charge is 0.217 e. The number of carbonyl (C=O) groups is 2. The maximum absolute atomic E-state index is 11.9. The maximum Gasteiger partial charge on any atom is 0.217 e. The predicted molar refractivity (Wildman–Crippen MR) is 81.6 cm³/mol. The van der Waals surface area contributed by atoms with Crippen LogP contribution in [0.25, 0.3) is 0 Å². The van der Waals surface area contributed by atoms with Crippen molar-refractivity contribution in [3.63, 3.8) is 0 Å². The number of carbonyl (C=O) groups excluding carboxylic acids is 2. The van der Waals surface area contributed by atoms with E-state index in [9.17, 15) is 9.59 Å². The third-order valence-corrected chi connectivity index (χ3v) is 3.86. The fourth-order valence-corrected chi connectivity index (χ4v) is 2.48. The van der Waals surface area contributed by atoms with Gasteiger partial charge in [-0.05, 0) is 36.1 Å². The number of benzene rings is 1. The molecular formula is C17H23NO3. The molecule has 1 saturated carbocycles. The minimum absolute atomic E-state index is 0.208. The number of hydrogen-bond donors (Lipinski definition) is 1. The van der Waals surface area contributed by atoms with Gasteiger partial charge >= 0.3 is 0 Å². The molecule has 114 valence electrons. The van der Waals surface area contributed by atoms with E-state index in [1.165, 1.54) is 0 Å². The summed E-state index contributed by atoms with van der Waals surface area (Å²) in [6.45, 7) is 7.20. The Balaban J connectivity index is 2.03. The summed E-state index contributed by atoms with van der Waals surface area (Å²) in [5.74, 6) is -0.212. The predicted octanol–water partition coefficient (Wildman–Crippen LogP) is 2.33. The van der Waals surface area contributed by atoms with E-state index in [0.29, 0.717) is 0 Å². The van der Waals surface area contributed by atoms with Crippen LogP contribution in [0.4, 0.5) is 0 Å². The quantitative estimate of drug-likeness (QED) is 0.845. The lowest BCUT2D eigenvalue weighted by Crippen LogP contribution is -2.58. The van der Waals surface area contributed by atoms with Gasteiger partial charge in [0, 0.05) is 0 Å². The van der Waals surface area contributed by atoms with E-state index < -0.39 is 0 Å². The molecule has 1 aliphatic carbocycles. The number of hydrogen-bond acceptors (Lipinski definition) is 4. The number of Topliss-reactive ketones (excluding diaryl/α,β-unsaturated/α-hetero) is 2. The van der Waals surface area contributed by atoms with E-state index in [2.05, 4.69) is 26.1 Å². The van der Waals surface area contributed by atoms with Gasteiger partial charge in [0.25, 0.3) is 0 Å². The highest BCUT2D eigenvalue weighted by Crippen LogP contribution is 2.32. The van der Waals surface area contributed by atoms with E-state index in [1.54, 1.807) is 7.11 Å². The van der Waals surface area contributed by atoms with Crippen LogP contribution in [0.1, 0.15) is 38.7 Å². The van der Waals surface area contributed by atoms with Gasteiger partial charge in [0.15, 0.2) is 0 Å². The fraction of sp³-hybridized carbons (Fsp3) is 0.529. The molecule has 1 fully saturated rings. The van der Waals surface area contributed by atoms with Crippen LogP contribution in [-0.4, -0.2) is 31.3 Å². The lowest BCUT2D eigenvalue weighted by Gasteiger charge is -2.35. The summed E-state index contributed by atoms with van der Waals surface area (Å²) in [5.41, 5.74) is 1.08. The van der Waals surface area contributed by atoms with Crippen LogP contribution in [-0.2, 0) is 9.59 Å². The van der Waals surface area contributed by atoms with Crippen LogP contribution in [0, 0.1) is 5.41 Å². The minimum atomic E-state index is -0.381. The van der Waals surface area contributed by atoms with Gasteiger partial charge in [0.05, 0.1) is 19.1 Å². The summed E-state index contributed by atoms with van der Waals surface area (Å²) in [6, 6.07) is 6.96. The SMILES string of the molecule is COc1ccc(C2C(=O)C(=O)C2NCCC(C)(C)C)cc1. The van der Waals surface area contributed by atoms with E-state index in [0.717, 1.165) is 24.3 Å². The summed E-state index contributed by atoms with van der Waals surface area (Å²) in [7, 11) is 1.60. The first-order valence-electron chi connectivity index (χ1n) is 7.29. The van der Waals surface area contributed by atoms with Crippen molar-refractivity contribution >= 4 is 11.6 Å². The van der Waals surface area contributed by atoms with E-state index in [4.69, 9.17) is 4.74 Å². The van der Waals surface area contributed by atoms with Gasteiger partial charge in [-0.25, -0.2) is 0 Å². The normalized spacial score (nSPS) is 22.1. The summed E-state index contributed by atoms with van der Waals surface area (Å²) in [6.07, 6.45) is 0.959. The molecule has 1 aromatic carbocycles. The summed E-state index contributed by atoms with van der Waals surface area (Å²) < 4.78 is 5.11. The number of ether oxygens (including phenoxy) is 1. The summed E-state index contributed by atoms with van der Waals surface area (Å²) >= 11 is 0. The van der Waals surface area contributed by atoms with Crippen LogP contribution >= 0.6 is 0 Å². The number of ketones is 2.